The molecule has 232 valence electrons. The zero-order chi connectivity index (χ0) is 31.2. The number of fused-ring (bicyclic) bond motifs is 2. The molecule has 0 bridgehead atoms. The number of amides is 3. The van der Waals surface area contributed by atoms with E-state index in [1.54, 1.807) is 30.6 Å². The number of alkyl carbamates (subject to hydrolysis) is 1. The molecule has 2 aliphatic heterocycles. The van der Waals surface area contributed by atoms with Gasteiger partial charge in [-0.25, -0.2) is 9.59 Å². The number of piperidine rings is 1. The maximum atomic E-state index is 13.8. The van der Waals surface area contributed by atoms with Crippen LogP contribution in [0.3, 0.4) is 0 Å². The highest BCUT2D eigenvalue weighted by Crippen LogP contribution is 2.47. The lowest BCUT2D eigenvalue weighted by atomic mass is 9.74. The smallest absolute Gasteiger partial charge is 0.414 e. The van der Waals surface area contributed by atoms with Crippen molar-refractivity contribution in [3.63, 3.8) is 0 Å². The van der Waals surface area contributed by atoms with Crippen LogP contribution in [0, 0.1) is 0 Å². The fourth-order valence-electron chi connectivity index (χ4n) is 5.89. The fraction of sp³-hybridized carbons (Fsp3) is 0.400. The van der Waals surface area contributed by atoms with Crippen LogP contribution in [-0.4, -0.2) is 60.9 Å². The number of hydrogen-bond donors (Lipinski definition) is 1. The Balaban J connectivity index is 1.24. The molecular formula is C35H41N3O6. The second kappa shape index (κ2) is 13.5. The number of carbonyl (C=O) groups excluding carboxylic acids is 3. The lowest BCUT2D eigenvalue weighted by molar-refractivity contribution is -0.136. The van der Waals surface area contributed by atoms with Crippen molar-refractivity contribution in [3.8, 4) is 0 Å². The highest BCUT2D eigenvalue weighted by Gasteiger charge is 2.47. The van der Waals surface area contributed by atoms with E-state index in [-0.39, 0.29) is 30.6 Å². The zero-order valence-corrected chi connectivity index (χ0v) is 25.7. The number of nitrogens with zero attached hydrogens (tertiary/aromatic N) is 2. The molecule has 5 rings (SSSR count). The normalized spacial score (nSPS) is 16.2. The monoisotopic (exact) mass is 599 g/mol. The Morgan fingerprint density at radius 1 is 0.841 bits per heavy atom. The number of benzene rings is 3. The first-order chi connectivity index (χ1) is 21.1. The largest absolute Gasteiger partial charge is 0.444 e. The SMILES string of the molecule is CC(C)(C)OC(=O)N[C@H](COCc1ccccc1)C(=O)N1CCC2(CC1)CN(C(=O)OCc1ccccc1)c1ccccc12. The Hall–Kier alpha value is -4.37. The van der Waals surface area contributed by atoms with Crippen LogP contribution >= 0.6 is 0 Å². The molecule has 9 nitrogen and oxygen atoms in total. The van der Waals surface area contributed by atoms with Gasteiger partial charge in [0.1, 0.15) is 18.2 Å². The molecular weight excluding hydrogens is 558 g/mol. The summed E-state index contributed by atoms with van der Waals surface area (Å²) in [5, 5.41) is 2.74. The minimum atomic E-state index is -0.900. The van der Waals surface area contributed by atoms with Gasteiger partial charge >= 0.3 is 12.2 Å². The number of para-hydroxylation sites is 1. The van der Waals surface area contributed by atoms with Crippen molar-refractivity contribution >= 4 is 23.8 Å². The Bertz CT molecular complexity index is 1430. The summed E-state index contributed by atoms with van der Waals surface area (Å²) in [4.78, 5) is 43.2. The average molecular weight is 600 g/mol. The Morgan fingerprint density at radius 3 is 2.07 bits per heavy atom. The van der Waals surface area contributed by atoms with Gasteiger partial charge in [0.05, 0.1) is 18.9 Å². The summed E-state index contributed by atoms with van der Waals surface area (Å²) in [7, 11) is 0. The first-order valence-electron chi connectivity index (χ1n) is 15.1. The van der Waals surface area contributed by atoms with Gasteiger partial charge in [0.25, 0.3) is 0 Å². The molecule has 3 amide bonds. The van der Waals surface area contributed by atoms with Crippen LogP contribution in [0.4, 0.5) is 15.3 Å². The lowest BCUT2D eigenvalue weighted by Gasteiger charge is -2.40. The van der Waals surface area contributed by atoms with Crippen LogP contribution in [0.2, 0.25) is 0 Å². The average Bonchev–Trinajstić information content (AvgIpc) is 3.33. The number of rotatable bonds is 8. The summed E-state index contributed by atoms with van der Waals surface area (Å²) in [6, 6.07) is 26.3. The quantitative estimate of drug-likeness (QED) is 0.351. The Kier molecular flexibility index (Phi) is 9.54. The first-order valence-corrected chi connectivity index (χ1v) is 15.1. The molecule has 0 aromatic heterocycles. The molecule has 1 saturated heterocycles. The molecule has 0 radical (unpaired) electrons. The number of ether oxygens (including phenoxy) is 3. The summed E-state index contributed by atoms with van der Waals surface area (Å²) >= 11 is 0. The molecule has 1 fully saturated rings. The molecule has 2 aliphatic rings. The molecule has 1 N–H and O–H groups in total. The van der Waals surface area contributed by atoms with Gasteiger partial charge in [-0.1, -0.05) is 78.9 Å². The molecule has 0 unspecified atom stereocenters. The molecule has 1 atom stereocenters. The van der Waals surface area contributed by atoms with Gasteiger partial charge in [-0.15, -0.1) is 0 Å². The third-order valence-electron chi connectivity index (χ3n) is 8.07. The van der Waals surface area contributed by atoms with Gasteiger partial charge in [0.15, 0.2) is 0 Å². The maximum Gasteiger partial charge on any atom is 0.414 e. The highest BCUT2D eigenvalue weighted by atomic mass is 16.6. The topological polar surface area (TPSA) is 97.4 Å². The lowest BCUT2D eigenvalue weighted by Crippen LogP contribution is -2.55. The van der Waals surface area contributed by atoms with Crippen LogP contribution in [0.1, 0.15) is 50.3 Å². The summed E-state index contributed by atoms with van der Waals surface area (Å²) in [6.45, 7) is 7.30. The first kappa shape index (κ1) is 31.1. The number of carbonyl (C=O) groups is 3. The van der Waals surface area contributed by atoms with Gasteiger partial charge < -0.3 is 24.4 Å². The van der Waals surface area contributed by atoms with Crippen LogP contribution in [0.5, 0.6) is 0 Å². The predicted octanol–water partition coefficient (Wildman–Crippen LogP) is 5.81. The van der Waals surface area contributed by atoms with Crippen molar-refractivity contribution in [3.05, 3.63) is 102 Å². The minimum absolute atomic E-state index is 0.0124. The second-order valence-electron chi connectivity index (χ2n) is 12.4. The molecule has 2 heterocycles. The van der Waals surface area contributed by atoms with Crippen molar-refractivity contribution in [2.24, 2.45) is 0 Å². The second-order valence-corrected chi connectivity index (χ2v) is 12.4. The molecule has 0 saturated carbocycles. The van der Waals surface area contributed by atoms with E-state index in [0.29, 0.717) is 39.1 Å². The van der Waals surface area contributed by atoms with Crippen LogP contribution in [0.25, 0.3) is 0 Å². The zero-order valence-electron chi connectivity index (χ0n) is 25.7. The van der Waals surface area contributed by atoms with Gasteiger partial charge in [-0.05, 0) is 56.4 Å². The van der Waals surface area contributed by atoms with E-state index >= 15 is 0 Å². The number of likely N-dealkylation sites (tertiary alicyclic amines) is 1. The van der Waals surface area contributed by atoms with Crippen molar-refractivity contribution in [1.82, 2.24) is 10.2 Å². The van der Waals surface area contributed by atoms with E-state index in [2.05, 4.69) is 11.4 Å². The van der Waals surface area contributed by atoms with Crippen molar-refractivity contribution in [1.29, 1.82) is 0 Å². The van der Waals surface area contributed by atoms with E-state index in [4.69, 9.17) is 14.2 Å². The Morgan fingerprint density at radius 2 is 1.43 bits per heavy atom. The summed E-state index contributed by atoms with van der Waals surface area (Å²) in [6.07, 6.45) is 0.292. The van der Waals surface area contributed by atoms with Gasteiger partial charge in [-0.2, -0.15) is 0 Å². The highest BCUT2D eigenvalue weighted by molar-refractivity contribution is 5.91. The van der Waals surface area contributed by atoms with Gasteiger partial charge in [0.2, 0.25) is 5.91 Å². The molecule has 3 aromatic carbocycles. The van der Waals surface area contributed by atoms with Gasteiger partial charge in [-0.3, -0.25) is 9.69 Å². The van der Waals surface area contributed by atoms with E-state index in [1.165, 1.54) is 0 Å². The van der Waals surface area contributed by atoms with E-state index in [1.807, 2.05) is 78.9 Å². The fourth-order valence-corrected chi connectivity index (χ4v) is 5.89. The van der Waals surface area contributed by atoms with Crippen LogP contribution < -0.4 is 10.2 Å². The predicted molar refractivity (Wildman–Crippen MR) is 167 cm³/mol. The van der Waals surface area contributed by atoms with E-state index in [0.717, 1.165) is 22.4 Å². The van der Waals surface area contributed by atoms with Crippen LogP contribution in [0.15, 0.2) is 84.9 Å². The molecule has 0 aliphatic carbocycles. The van der Waals surface area contributed by atoms with Crippen LogP contribution in [-0.2, 0) is 37.6 Å². The van der Waals surface area contributed by atoms with Crippen molar-refractivity contribution in [2.75, 3.05) is 31.1 Å². The van der Waals surface area contributed by atoms with E-state index < -0.39 is 17.7 Å². The van der Waals surface area contributed by atoms with Gasteiger partial charge in [0, 0.05) is 25.0 Å². The summed E-state index contributed by atoms with van der Waals surface area (Å²) in [5.41, 5.74) is 2.85. The minimum Gasteiger partial charge on any atom is -0.444 e. The maximum absolute atomic E-state index is 13.8. The standard InChI is InChI=1S/C35H41N3O6/c1-34(2,3)44-32(40)36-29(24-42-22-26-12-6-4-7-13-26)31(39)37-20-18-35(19-21-37)25-38(30-17-11-10-16-28(30)35)33(41)43-23-27-14-8-5-9-15-27/h4-17,29H,18-25H2,1-3H3,(H,36,40)/t29-/m1/s1. The molecule has 44 heavy (non-hydrogen) atoms. The number of anilines is 1. The third kappa shape index (κ3) is 7.58. The van der Waals surface area contributed by atoms with Crippen molar-refractivity contribution in [2.45, 2.75) is 63.9 Å². The van der Waals surface area contributed by atoms with Crippen molar-refractivity contribution < 1.29 is 28.6 Å². The molecule has 3 aromatic rings. The Labute approximate surface area is 259 Å². The summed E-state index contributed by atoms with van der Waals surface area (Å²) in [5.74, 6) is -0.218. The third-order valence-corrected chi connectivity index (χ3v) is 8.07. The van der Waals surface area contributed by atoms with E-state index in [9.17, 15) is 14.4 Å². The number of nitrogens with one attached hydrogen (secondary N) is 1. The summed E-state index contributed by atoms with van der Waals surface area (Å²) < 4.78 is 17.0. The molecule has 9 heteroatoms. The number of hydrogen-bond acceptors (Lipinski definition) is 6. The molecule has 1 spiro atoms.